The SMILES string of the molecule is COc1ccc(Cl)cc1NC(=O)C1C(c2ccc3c(c2)C(=O)NC3)C1(C)C.COc1ccc(Cl)cc1NC(=O)C1C(c2ccc3c(c2)CNC3=O)C1(C)C.COc1ccc(Cl)cc1NC(=O)C1C(c2ccc3c(c2)CNS3(=O)=O)C1(C)C.COc1ccc(Cl)cc1NC(=O)C1C(c2ccc3c(c2)OC(F)(F)O3)C1(C)C. The molecule has 8 atom stereocenters. The van der Waals surface area contributed by atoms with Gasteiger partial charge >= 0.3 is 6.29 Å². The third kappa shape index (κ3) is 15.3. The Balaban J connectivity index is 0.000000129. The number of fused-ring (bicyclic) bond motifs is 4. The van der Waals surface area contributed by atoms with E-state index >= 15 is 0 Å². The number of alkyl halides is 2. The fraction of sp³-hybridized carbons (Fsp3) is 0.341. The minimum absolute atomic E-state index is 0.00582. The van der Waals surface area contributed by atoms with Crippen molar-refractivity contribution in [2.45, 2.75) is 110 Å². The molecule has 0 aromatic heterocycles. The molecular weight excluding hydrogens is 1520 g/mol. The molecule has 4 fully saturated rings. The van der Waals surface area contributed by atoms with Gasteiger partial charge in [0.05, 0.1) is 79.8 Å². The molecule has 6 amide bonds. The fourth-order valence-corrected chi connectivity index (χ4v) is 18.3. The van der Waals surface area contributed by atoms with E-state index in [9.17, 15) is 46.0 Å². The summed E-state index contributed by atoms with van der Waals surface area (Å²) in [6, 6.07) is 42.1. The Kier molecular flexibility index (Phi) is 21.0. The van der Waals surface area contributed by atoms with E-state index in [2.05, 4.69) is 73.8 Å². The number of ether oxygens (including phenoxy) is 6. The second-order valence-electron chi connectivity index (χ2n) is 30.7. The minimum atomic E-state index is -3.67. The van der Waals surface area contributed by atoms with Crippen LogP contribution >= 0.6 is 46.4 Å². The number of sulfonamides is 1. The van der Waals surface area contributed by atoms with Crippen LogP contribution in [0.4, 0.5) is 31.5 Å². The normalized spacial score (nSPS) is 22.7. The highest BCUT2D eigenvalue weighted by Crippen LogP contribution is 2.68. The molecule has 8 aromatic rings. The van der Waals surface area contributed by atoms with E-state index in [4.69, 9.17) is 65.4 Å². The molecule has 0 bridgehead atoms. The molecule has 21 nitrogen and oxygen atoms in total. The lowest BCUT2D eigenvalue weighted by molar-refractivity contribution is -0.286. The number of carbonyl (C=O) groups is 6. The molecule has 0 spiro atoms. The lowest BCUT2D eigenvalue weighted by Crippen LogP contribution is -2.25. The van der Waals surface area contributed by atoms with Crippen LogP contribution < -0.4 is 65.0 Å². The van der Waals surface area contributed by atoms with Gasteiger partial charge in [0.2, 0.25) is 33.7 Å². The summed E-state index contributed by atoms with van der Waals surface area (Å²) in [6.45, 7) is 17.7. The van der Waals surface area contributed by atoms with Gasteiger partial charge in [-0.15, -0.1) is 8.78 Å². The van der Waals surface area contributed by atoms with E-state index in [0.717, 1.165) is 44.5 Å². The first-order valence-electron chi connectivity index (χ1n) is 35.3. The fourth-order valence-electron chi connectivity index (χ4n) is 16.4. The second-order valence-corrected chi connectivity index (χ2v) is 34.2. The third-order valence-electron chi connectivity index (χ3n) is 22.4. The number of anilines is 4. The van der Waals surface area contributed by atoms with Crippen molar-refractivity contribution in [3.8, 4) is 34.5 Å². The predicted octanol–water partition coefficient (Wildman–Crippen LogP) is 16.5. The second kappa shape index (κ2) is 29.5. The maximum absolute atomic E-state index is 13.3. The van der Waals surface area contributed by atoms with Gasteiger partial charge in [-0.2, -0.15) is 0 Å². The van der Waals surface area contributed by atoms with Crippen LogP contribution in [0.15, 0.2) is 150 Å². The van der Waals surface area contributed by atoms with Gasteiger partial charge < -0.3 is 60.3 Å². The summed E-state index contributed by atoms with van der Waals surface area (Å²) in [5.74, 6) is 0.696. The first-order chi connectivity index (χ1) is 51.9. The van der Waals surface area contributed by atoms with Crippen molar-refractivity contribution in [1.29, 1.82) is 0 Å². The first-order valence-corrected chi connectivity index (χ1v) is 38.3. The minimum Gasteiger partial charge on any atom is -0.495 e. The van der Waals surface area contributed by atoms with E-state index in [1.165, 1.54) is 26.4 Å². The smallest absolute Gasteiger partial charge is 0.495 e. The standard InChI is InChI=1S/2C21H21ClN2O3.C20H18ClF2NO4.C20H21ClN2O4S/c1-21(2)17(11-4-6-14-12(8-11)10-23-19(14)25)18(21)20(26)24-15-9-13(22)5-7-16(15)27-3;1-21(2)17(11-4-5-12-10-23-19(25)14(12)8-11)18(21)20(26)24-15-9-13(22)6-7-16(15)27-3;1-19(2)16(10-4-6-14-15(8-10)28-20(22,23)27-14)17(19)18(25)24-12-9-11(21)5-7-13(12)26-3;1-20(2)17(11-4-7-16-12(8-11)10-22-28(16,25)26)18(20)19(24)23-14-9-13(21)5-6-15(14)27-3/h2*4-9,17-18H,10H2,1-3H3,(H,23,25)(H,24,26);4-9,16-17H,1-3H3,(H,24,25);4-9,17-18,22H,10H2,1-3H3,(H,23,24). The predicted molar refractivity (Wildman–Crippen MR) is 415 cm³/mol. The van der Waals surface area contributed by atoms with Gasteiger partial charge in [-0.05, 0) is 164 Å². The Labute approximate surface area is 655 Å². The van der Waals surface area contributed by atoms with Crippen LogP contribution in [0.3, 0.4) is 0 Å². The van der Waals surface area contributed by atoms with Gasteiger partial charge in [0, 0.05) is 74.5 Å². The summed E-state index contributed by atoms with van der Waals surface area (Å²) in [7, 11) is 2.76. The summed E-state index contributed by atoms with van der Waals surface area (Å²) in [5, 5.41) is 19.4. The van der Waals surface area contributed by atoms with E-state index in [-0.39, 0.29) is 122 Å². The van der Waals surface area contributed by atoms with Crippen molar-refractivity contribution in [1.82, 2.24) is 15.4 Å². The zero-order valence-corrected chi connectivity index (χ0v) is 65.8. The molecule has 0 radical (unpaired) electrons. The number of hydrogen-bond donors (Lipinski definition) is 7. The van der Waals surface area contributed by atoms with Crippen molar-refractivity contribution in [3.05, 3.63) is 216 Å². The van der Waals surface area contributed by atoms with Crippen LogP contribution in [0.2, 0.25) is 20.1 Å². The van der Waals surface area contributed by atoms with Crippen LogP contribution in [0.5, 0.6) is 34.5 Å². The average molecular weight is 1600 g/mol. The van der Waals surface area contributed by atoms with Crippen LogP contribution in [-0.2, 0) is 48.8 Å². The molecule has 4 aliphatic heterocycles. The zero-order chi connectivity index (χ0) is 79.2. The number of amides is 6. The molecule has 4 heterocycles. The highest BCUT2D eigenvalue weighted by Gasteiger charge is 2.65. The lowest BCUT2D eigenvalue weighted by Gasteiger charge is -2.11. The van der Waals surface area contributed by atoms with Gasteiger partial charge in [0.25, 0.3) is 11.8 Å². The molecule has 8 aliphatic rings. The Hall–Kier alpha value is -9.69. The summed E-state index contributed by atoms with van der Waals surface area (Å²) in [4.78, 5) is 75.8. The highest BCUT2D eigenvalue weighted by atomic mass is 35.5. The summed E-state index contributed by atoms with van der Waals surface area (Å²) >= 11 is 24.2. The number of halogens is 6. The first kappa shape index (κ1) is 78.4. The van der Waals surface area contributed by atoms with Gasteiger partial charge in [0.15, 0.2) is 11.5 Å². The van der Waals surface area contributed by atoms with Gasteiger partial charge in [-0.1, -0.05) is 144 Å². The molecule has 7 N–H and O–H groups in total. The maximum atomic E-state index is 13.3. The number of hydrogen-bond acceptors (Lipinski definition) is 14. The van der Waals surface area contributed by atoms with Crippen molar-refractivity contribution >= 4 is 115 Å². The van der Waals surface area contributed by atoms with E-state index < -0.39 is 16.3 Å². The lowest BCUT2D eigenvalue weighted by atomic mass is 9.99. The molecule has 110 heavy (non-hydrogen) atoms. The Bertz CT molecular complexity index is 5240. The molecular formula is C82H81Cl4F2N7O14S. The summed E-state index contributed by atoms with van der Waals surface area (Å²) in [6.07, 6.45) is -3.67. The number of methoxy groups -OCH3 is 4. The third-order valence-corrected chi connectivity index (χ3v) is 24.9. The molecule has 8 aromatic carbocycles. The van der Waals surface area contributed by atoms with Crippen LogP contribution in [-0.4, -0.2) is 78.6 Å². The molecule has 8 unspecified atom stereocenters. The molecule has 28 heteroatoms. The number of rotatable bonds is 16. The number of benzene rings is 8. The monoisotopic (exact) mass is 1600 g/mol. The summed E-state index contributed by atoms with van der Waals surface area (Å²) < 4.78 is 83.1. The molecule has 576 valence electrons. The number of nitrogens with one attached hydrogen (secondary N) is 7. The van der Waals surface area contributed by atoms with Crippen molar-refractivity contribution in [2.24, 2.45) is 45.3 Å². The average Bonchev–Trinajstić information content (AvgIpc) is 1.57. The topological polar surface area (TPSA) is 276 Å². The van der Waals surface area contributed by atoms with E-state index in [1.54, 1.807) is 99.1 Å². The zero-order valence-electron chi connectivity index (χ0n) is 62.0. The van der Waals surface area contributed by atoms with Crippen molar-refractivity contribution in [2.75, 3.05) is 49.7 Å². The van der Waals surface area contributed by atoms with Crippen molar-refractivity contribution in [3.63, 3.8) is 0 Å². The van der Waals surface area contributed by atoms with Crippen LogP contribution in [0, 0.1) is 45.3 Å². The molecule has 16 rings (SSSR count). The van der Waals surface area contributed by atoms with Gasteiger partial charge in [0.1, 0.15) is 23.0 Å². The molecule has 4 saturated carbocycles. The van der Waals surface area contributed by atoms with Gasteiger partial charge in [-0.3, -0.25) is 28.8 Å². The van der Waals surface area contributed by atoms with Gasteiger partial charge in [-0.25, -0.2) is 13.1 Å². The maximum Gasteiger partial charge on any atom is 0.586 e. The Morgan fingerprint density at radius 1 is 0.409 bits per heavy atom. The molecule has 0 saturated heterocycles. The Morgan fingerprint density at radius 3 is 1.15 bits per heavy atom. The summed E-state index contributed by atoms with van der Waals surface area (Å²) in [5.41, 5.74) is 9.20. The van der Waals surface area contributed by atoms with Crippen LogP contribution in [0.25, 0.3) is 0 Å². The van der Waals surface area contributed by atoms with Crippen molar-refractivity contribution < 1.29 is 74.4 Å². The molecule has 4 aliphatic carbocycles. The van der Waals surface area contributed by atoms with E-state index in [0.29, 0.717) is 89.4 Å². The Morgan fingerprint density at radius 2 is 0.745 bits per heavy atom. The number of carbonyl (C=O) groups excluding carboxylic acids is 6. The quantitative estimate of drug-likeness (QED) is 0.0474. The largest absolute Gasteiger partial charge is 0.586 e. The highest BCUT2D eigenvalue weighted by molar-refractivity contribution is 7.89. The van der Waals surface area contributed by atoms with E-state index in [1.807, 2.05) is 76.2 Å². The van der Waals surface area contributed by atoms with Crippen LogP contribution in [0.1, 0.15) is 139 Å².